The summed E-state index contributed by atoms with van der Waals surface area (Å²) < 4.78 is 11.8. The Labute approximate surface area is 139 Å². The van der Waals surface area contributed by atoms with E-state index in [4.69, 9.17) is 9.47 Å². The molecule has 0 amide bonds. The highest BCUT2D eigenvalue weighted by Gasteiger charge is 2.07. The average molecular weight is 313 g/mol. The maximum absolute atomic E-state index is 5.99. The van der Waals surface area contributed by atoms with Crippen LogP contribution in [0.25, 0.3) is 0 Å². The highest BCUT2D eigenvalue weighted by molar-refractivity contribution is 5.48. The van der Waals surface area contributed by atoms with E-state index in [1.54, 1.807) is 0 Å². The second-order valence-corrected chi connectivity index (χ2v) is 5.94. The van der Waals surface area contributed by atoms with Gasteiger partial charge in [0, 0.05) is 11.8 Å². The van der Waals surface area contributed by atoms with Crippen LogP contribution in [0.3, 0.4) is 0 Å². The fraction of sp³-hybridized carbons (Fsp3) is 0.400. The first-order chi connectivity index (χ1) is 11.1. The molecule has 2 aromatic rings. The minimum atomic E-state index is 0.0789. The molecule has 0 heterocycles. The van der Waals surface area contributed by atoms with Crippen LogP contribution in [0, 0.1) is 6.92 Å². The van der Waals surface area contributed by atoms with Crippen molar-refractivity contribution in [3.8, 4) is 11.5 Å². The quantitative estimate of drug-likeness (QED) is 0.739. The maximum Gasteiger partial charge on any atom is 0.122 e. The normalized spacial score (nSPS) is 13.2. The molecule has 0 saturated carbocycles. The van der Waals surface area contributed by atoms with Gasteiger partial charge in [-0.3, -0.25) is 0 Å². The molecule has 2 atom stereocenters. The van der Waals surface area contributed by atoms with Gasteiger partial charge in [0.25, 0.3) is 0 Å². The standard InChI is InChI=1S/C20H27NO2/c1-5-16(3)22-19-11-8-10-18(13-19)21-14-17(4)23-20-12-7-6-9-15(20)2/h6-13,16-17,21H,5,14H2,1-4H3. The Balaban J connectivity index is 1.88. The van der Waals surface area contributed by atoms with E-state index in [2.05, 4.69) is 39.1 Å². The Hall–Kier alpha value is -2.16. The smallest absolute Gasteiger partial charge is 0.122 e. The van der Waals surface area contributed by atoms with Crippen LogP contribution >= 0.6 is 0 Å². The first kappa shape index (κ1) is 17.2. The second kappa shape index (κ2) is 8.47. The zero-order valence-corrected chi connectivity index (χ0v) is 14.5. The number of ether oxygens (including phenoxy) is 2. The Kier molecular flexibility index (Phi) is 6.33. The predicted octanol–water partition coefficient (Wildman–Crippen LogP) is 5.05. The molecule has 0 radical (unpaired) electrons. The third kappa shape index (κ3) is 5.51. The van der Waals surface area contributed by atoms with Gasteiger partial charge in [0.1, 0.15) is 17.6 Å². The van der Waals surface area contributed by atoms with Crippen LogP contribution in [0.2, 0.25) is 0 Å². The van der Waals surface area contributed by atoms with Crippen molar-refractivity contribution in [2.75, 3.05) is 11.9 Å². The number of hydrogen-bond acceptors (Lipinski definition) is 3. The molecular weight excluding hydrogens is 286 g/mol. The van der Waals surface area contributed by atoms with Crippen molar-refractivity contribution in [3.63, 3.8) is 0 Å². The van der Waals surface area contributed by atoms with Gasteiger partial charge >= 0.3 is 0 Å². The van der Waals surface area contributed by atoms with Crippen LogP contribution in [0.5, 0.6) is 11.5 Å². The molecule has 0 fully saturated rings. The minimum Gasteiger partial charge on any atom is -0.491 e. The topological polar surface area (TPSA) is 30.5 Å². The molecule has 0 bridgehead atoms. The molecule has 23 heavy (non-hydrogen) atoms. The molecule has 2 aromatic carbocycles. The summed E-state index contributed by atoms with van der Waals surface area (Å²) in [5.74, 6) is 1.84. The van der Waals surface area contributed by atoms with Crippen LogP contribution in [0.15, 0.2) is 48.5 Å². The van der Waals surface area contributed by atoms with Crippen LogP contribution in [-0.2, 0) is 0 Å². The molecule has 1 N–H and O–H groups in total. The van der Waals surface area contributed by atoms with Crippen molar-refractivity contribution in [1.82, 2.24) is 0 Å². The molecule has 2 unspecified atom stereocenters. The summed E-state index contributed by atoms with van der Waals surface area (Å²) in [7, 11) is 0. The van der Waals surface area contributed by atoms with Crippen molar-refractivity contribution in [3.05, 3.63) is 54.1 Å². The average Bonchev–Trinajstić information content (AvgIpc) is 2.55. The molecule has 0 aliphatic carbocycles. The van der Waals surface area contributed by atoms with Crippen molar-refractivity contribution in [2.24, 2.45) is 0 Å². The summed E-state index contributed by atoms with van der Waals surface area (Å²) in [5, 5.41) is 3.41. The molecule has 0 aromatic heterocycles. The Morgan fingerprint density at radius 1 is 0.957 bits per heavy atom. The first-order valence-corrected chi connectivity index (χ1v) is 8.31. The number of nitrogens with one attached hydrogen (secondary N) is 1. The maximum atomic E-state index is 5.99. The highest BCUT2D eigenvalue weighted by Crippen LogP contribution is 2.20. The second-order valence-electron chi connectivity index (χ2n) is 5.94. The number of rotatable bonds is 8. The minimum absolute atomic E-state index is 0.0789. The lowest BCUT2D eigenvalue weighted by Gasteiger charge is -2.18. The zero-order chi connectivity index (χ0) is 16.7. The number of para-hydroxylation sites is 1. The summed E-state index contributed by atoms with van der Waals surface area (Å²) in [6.07, 6.45) is 1.31. The van der Waals surface area contributed by atoms with Crippen LogP contribution in [-0.4, -0.2) is 18.8 Å². The molecule has 3 heteroatoms. The van der Waals surface area contributed by atoms with Crippen LogP contribution < -0.4 is 14.8 Å². The van der Waals surface area contributed by atoms with Gasteiger partial charge in [-0.05, 0) is 51.0 Å². The summed E-state index contributed by atoms with van der Waals surface area (Å²) in [5.41, 5.74) is 2.20. The van der Waals surface area contributed by atoms with Gasteiger partial charge in [-0.25, -0.2) is 0 Å². The van der Waals surface area contributed by atoms with Gasteiger partial charge in [0.2, 0.25) is 0 Å². The van der Waals surface area contributed by atoms with E-state index in [1.807, 2.05) is 42.5 Å². The van der Waals surface area contributed by atoms with Gasteiger partial charge in [0.15, 0.2) is 0 Å². The largest absolute Gasteiger partial charge is 0.491 e. The lowest BCUT2D eigenvalue weighted by Crippen LogP contribution is -2.23. The van der Waals surface area contributed by atoms with E-state index < -0.39 is 0 Å². The molecule has 0 saturated heterocycles. The summed E-state index contributed by atoms with van der Waals surface area (Å²) in [6.45, 7) is 9.07. The van der Waals surface area contributed by atoms with Crippen molar-refractivity contribution < 1.29 is 9.47 Å². The lowest BCUT2D eigenvalue weighted by atomic mass is 10.2. The molecule has 0 aliphatic rings. The predicted molar refractivity (Wildman–Crippen MR) is 96.6 cm³/mol. The number of anilines is 1. The molecule has 124 valence electrons. The van der Waals surface area contributed by atoms with Crippen molar-refractivity contribution in [2.45, 2.75) is 46.3 Å². The first-order valence-electron chi connectivity index (χ1n) is 8.31. The highest BCUT2D eigenvalue weighted by atomic mass is 16.5. The SMILES string of the molecule is CCC(C)Oc1cccc(NCC(C)Oc2ccccc2C)c1. The van der Waals surface area contributed by atoms with Gasteiger partial charge in [-0.15, -0.1) is 0 Å². The van der Waals surface area contributed by atoms with E-state index in [1.165, 1.54) is 0 Å². The number of aryl methyl sites for hydroxylation is 1. The molecule has 0 aliphatic heterocycles. The van der Waals surface area contributed by atoms with Gasteiger partial charge in [0.05, 0.1) is 12.6 Å². The monoisotopic (exact) mass is 313 g/mol. The number of hydrogen-bond donors (Lipinski definition) is 1. The van der Waals surface area contributed by atoms with E-state index in [0.29, 0.717) is 0 Å². The number of benzene rings is 2. The summed E-state index contributed by atoms with van der Waals surface area (Å²) >= 11 is 0. The van der Waals surface area contributed by atoms with Gasteiger partial charge < -0.3 is 14.8 Å². The molecule has 2 rings (SSSR count). The van der Waals surface area contributed by atoms with E-state index in [0.717, 1.165) is 35.7 Å². The van der Waals surface area contributed by atoms with E-state index in [9.17, 15) is 0 Å². The summed E-state index contributed by atoms with van der Waals surface area (Å²) in [4.78, 5) is 0. The van der Waals surface area contributed by atoms with Gasteiger partial charge in [-0.2, -0.15) is 0 Å². The van der Waals surface area contributed by atoms with Gasteiger partial charge in [-0.1, -0.05) is 31.2 Å². The van der Waals surface area contributed by atoms with E-state index in [-0.39, 0.29) is 12.2 Å². The molecule has 0 spiro atoms. The van der Waals surface area contributed by atoms with Crippen molar-refractivity contribution in [1.29, 1.82) is 0 Å². The lowest BCUT2D eigenvalue weighted by molar-refractivity contribution is 0.217. The zero-order valence-electron chi connectivity index (χ0n) is 14.5. The van der Waals surface area contributed by atoms with E-state index >= 15 is 0 Å². The Bertz CT molecular complexity index is 612. The summed E-state index contributed by atoms with van der Waals surface area (Å²) in [6, 6.07) is 16.2. The van der Waals surface area contributed by atoms with Crippen molar-refractivity contribution >= 4 is 5.69 Å². The third-order valence-corrected chi connectivity index (χ3v) is 3.76. The Morgan fingerprint density at radius 2 is 1.74 bits per heavy atom. The van der Waals surface area contributed by atoms with Crippen LogP contribution in [0.4, 0.5) is 5.69 Å². The molecule has 3 nitrogen and oxygen atoms in total. The fourth-order valence-electron chi connectivity index (χ4n) is 2.20. The fourth-order valence-corrected chi connectivity index (χ4v) is 2.20. The molecular formula is C20H27NO2. The Morgan fingerprint density at radius 3 is 2.48 bits per heavy atom. The third-order valence-electron chi connectivity index (χ3n) is 3.76. The van der Waals surface area contributed by atoms with Crippen LogP contribution in [0.1, 0.15) is 32.8 Å².